The minimum Gasteiger partial charge on any atom is -0.303 e. The number of rotatable bonds is 4. The smallest absolute Gasteiger partial charge is 0.303 e. The van der Waals surface area contributed by atoms with Gasteiger partial charge >= 0.3 is 5.51 Å². The molecule has 0 aliphatic heterocycles. The summed E-state index contributed by atoms with van der Waals surface area (Å²) in [6.07, 6.45) is -0.150. The number of aldehydes is 1. The highest BCUT2D eigenvalue weighted by molar-refractivity contribution is 8.00. The standard InChI is InChI=1S/C5H5F3O2S/c6-5(7,8)11-3-4(10)1-2-9/h2H,1,3H2. The maximum Gasteiger partial charge on any atom is 0.442 e. The number of carbonyl (C=O) groups excluding carboxylic acids is 2. The van der Waals surface area contributed by atoms with E-state index < -0.39 is 35.2 Å². The first kappa shape index (κ1) is 10.5. The number of halogens is 3. The van der Waals surface area contributed by atoms with Crippen LogP contribution in [-0.4, -0.2) is 23.3 Å². The second-order valence-corrected chi connectivity index (χ2v) is 2.68. The van der Waals surface area contributed by atoms with E-state index in [1.165, 1.54) is 0 Å². The number of hydrogen-bond acceptors (Lipinski definition) is 3. The van der Waals surface area contributed by atoms with Gasteiger partial charge in [0.05, 0.1) is 12.2 Å². The molecule has 0 aliphatic carbocycles. The molecular formula is C5H5F3O2S. The lowest BCUT2D eigenvalue weighted by Gasteiger charge is -2.02. The van der Waals surface area contributed by atoms with Gasteiger partial charge in [-0.3, -0.25) is 4.79 Å². The summed E-state index contributed by atoms with van der Waals surface area (Å²) < 4.78 is 34.1. The minimum atomic E-state index is -4.39. The second kappa shape index (κ2) is 4.38. The molecule has 0 spiro atoms. The van der Waals surface area contributed by atoms with E-state index in [1.54, 1.807) is 0 Å². The summed E-state index contributed by atoms with van der Waals surface area (Å²) >= 11 is -0.427. The monoisotopic (exact) mass is 186 g/mol. The molecule has 0 aromatic heterocycles. The van der Waals surface area contributed by atoms with Crippen LogP contribution in [0.2, 0.25) is 0 Å². The average molecular weight is 186 g/mol. The van der Waals surface area contributed by atoms with Crippen LogP contribution in [0.15, 0.2) is 0 Å². The Labute approximate surface area is 65.1 Å². The van der Waals surface area contributed by atoms with E-state index in [0.29, 0.717) is 6.29 Å². The van der Waals surface area contributed by atoms with Gasteiger partial charge in [0.1, 0.15) is 12.1 Å². The molecule has 11 heavy (non-hydrogen) atoms. The highest BCUT2D eigenvalue weighted by Crippen LogP contribution is 2.29. The molecule has 0 heterocycles. The summed E-state index contributed by atoms with van der Waals surface area (Å²) in [5.41, 5.74) is -4.39. The molecule has 0 N–H and O–H groups in total. The fourth-order valence-corrected chi connectivity index (χ4v) is 0.757. The Kier molecular flexibility index (Phi) is 4.17. The average Bonchev–Trinajstić information content (AvgIpc) is 1.83. The van der Waals surface area contributed by atoms with Crippen molar-refractivity contribution >= 4 is 23.8 Å². The summed E-state index contributed by atoms with van der Waals surface area (Å²) in [4.78, 5) is 20.0. The number of carbonyl (C=O) groups is 2. The number of alkyl halides is 3. The molecule has 6 heteroatoms. The topological polar surface area (TPSA) is 34.1 Å². The Morgan fingerprint density at radius 1 is 1.45 bits per heavy atom. The quantitative estimate of drug-likeness (QED) is 0.491. The first-order chi connectivity index (χ1) is 4.95. The minimum absolute atomic E-state index is 0.291. The maximum absolute atomic E-state index is 11.4. The van der Waals surface area contributed by atoms with Gasteiger partial charge in [-0.05, 0) is 11.8 Å². The Hall–Kier alpha value is -0.520. The van der Waals surface area contributed by atoms with Crippen LogP contribution in [0.25, 0.3) is 0 Å². The molecule has 0 aromatic carbocycles. The Bertz CT molecular complexity index is 154. The predicted molar refractivity (Wildman–Crippen MR) is 34.2 cm³/mol. The number of thioether (sulfide) groups is 1. The van der Waals surface area contributed by atoms with Crippen molar-refractivity contribution in [2.75, 3.05) is 5.75 Å². The molecule has 0 fully saturated rings. The molecule has 0 rings (SSSR count). The predicted octanol–water partition coefficient (Wildman–Crippen LogP) is 1.40. The van der Waals surface area contributed by atoms with Crippen molar-refractivity contribution in [1.82, 2.24) is 0 Å². The first-order valence-corrected chi connectivity index (χ1v) is 3.60. The first-order valence-electron chi connectivity index (χ1n) is 2.61. The molecule has 0 saturated heterocycles. The summed E-state index contributed by atoms with van der Waals surface area (Å²) in [6, 6.07) is 0. The Balaban J connectivity index is 3.54. The molecule has 0 radical (unpaired) electrons. The fourth-order valence-electron chi connectivity index (χ4n) is 0.314. The molecule has 2 nitrogen and oxygen atoms in total. The molecule has 64 valence electrons. The summed E-state index contributed by atoms with van der Waals surface area (Å²) in [7, 11) is 0. The van der Waals surface area contributed by atoms with Gasteiger partial charge in [-0.15, -0.1) is 0 Å². The van der Waals surface area contributed by atoms with Crippen LogP contribution in [0.1, 0.15) is 6.42 Å². The molecule has 0 aliphatic rings. The zero-order chi connectivity index (χ0) is 8.91. The van der Waals surface area contributed by atoms with Gasteiger partial charge in [0.2, 0.25) is 0 Å². The largest absolute Gasteiger partial charge is 0.442 e. The lowest BCUT2D eigenvalue weighted by atomic mass is 10.3. The highest BCUT2D eigenvalue weighted by atomic mass is 32.2. The third-order valence-corrected chi connectivity index (χ3v) is 1.50. The Morgan fingerprint density at radius 3 is 2.36 bits per heavy atom. The molecule has 0 amide bonds. The maximum atomic E-state index is 11.4. The zero-order valence-electron chi connectivity index (χ0n) is 5.35. The number of Topliss-reactive ketones (excluding diaryl/α,β-unsaturated/α-hetero) is 1. The van der Waals surface area contributed by atoms with Crippen molar-refractivity contribution in [2.24, 2.45) is 0 Å². The molecule has 0 aromatic rings. The summed E-state index contributed by atoms with van der Waals surface area (Å²) in [5, 5.41) is 0. The van der Waals surface area contributed by atoms with Gasteiger partial charge < -0.3 is 4.79 Å². The van der Waals surface area contributed by atoms with Crippen molar-refractivity contribution in [3.05, 3.63) is 0 Å². The molecule has 0 saturated carbocycles. The van der Waals surface area contributed by atoms with Crippen LogP contribution in [0.3, 0.4) is 0 Å². The third-order valence-electron chi connectivity index (χ3n) is 0.708. The third kappa shape index (κ3) is 7.38. The summed E-state index contributed by atoms with van der Waals surface area (Å²) in [5.74, 6) is -1.38. The molecule has 0 bridgehead atoms. The SMILES string of the molecule is O=CCC(=O)CSC(F)(F)F. The van der Waals surface area contributed by atoms with Crippen molar-refractivity contribution in [3.63, 3.8) is 0 Å². The van der Waals surface area contributed by atoms with E-state index in [9.17, 15) is 22.8 Å². The number of ketones is 1. The van der Waals surface area contributed by atoms with Crippen molar-refractivity contribution in [3.8, 4) is 0 Å². The number of hydrogen-bond donors (Lipinski definition) is 0. The highest BCUT2D eigenvalue weighted by Gasteiger charge is 2.28. The van der Waals surface area contributed by atoms with Gasteiger partial charge in [-0.2, -0.15) is 13.2 Å². The van der Waals surface area contributed by atoms with Gasteiger partial charge in [-0.25, -0.2) is 0 Å². The molecule has 0 atom stereocenters. The van der Waals surface area contributed by atoms with Crippen LogP contribution in [0.4, 0.5) is 13.2 Å². The lowest BCUT2D eigenvalue weighted by Crippen LogP contribution is -2.08. The van der Waals surface area contributed by atoms with E-state index >= 15 is 0 Å². The van der Waals surface area contributed by atoms with E-state index in [2.05, 4.69) is 0 Å². The van der Waals surface area contributed by atoms with E-state index in [4.69, 9.17) is 0 Å². The van der Waals surface area contributed by atoms with Crippen LogP contribution >= 0.6 is 11.8 Å². The zero-order valence-corrected chi connectivity index (χ0v) is 6.17. The van der Waals surface area contributed by atoms with Crippen molar-refractivity contribution < 1.29 is 22.8 Å². The van der Waals surface area contributed by atoms with Crippen LogP contribution < -0.4 is 0 Å². The van der Waals surface area contributed by atoms with Crippen molar-refractivity contribution in [2.45, 2.75) is 11.9 Å². The van der Waals surface area contributed by atoms with Gasteiger partial charge in [0.25, 0.3) is 0 Å². The second-order valence-electron chi connectivity index (χ2n) is 1.64. The van der Waals surface area contributed by atoms with E-state index in [0.717, 1.165) is 0 Å². The van der Waals surface area contributed by atoms with E-state index in [-0.39, 0.29) is 0 Å². The lowest BCUT2D eigenvalue weighted by molar-refractivity contribution is -0.120. The van der Waals surface area contributed by atoms with Gasteiger partial charge in [0, 0.05) is 0 Å². The van der Waals surface area contributed by atoms with Crippen molar-refractivity contribution in [1.29, 1.82) is 0 Å². The van der Waals surface area contributed by atoms with Gasteiger partial charge in [0.15, 0.2) is 0 Å². The molecular weight excluding hydrogens is 181 g/mol. The molecule has 0 unspecified atom stereocenters. The van der Waals surface area contributed by atoms with E-state index in [1.807, 2.05) is 0 Å². The summed E-state index contributed by atoms with van der Waals surface area (Å²) in [6.45, 7) is 0. The fraction of sp³-hybridized carbons (Fsp3) is 0.600. The van der Waals surface area contributed by atoms with Crippen LogP contribution in [-0.2, 0) is 9.59 Å². The van der Waals surface area contributed by atoms with Crippen LogP contribution in [0.5, 0.6) is 0 Å². The Morgan fingerprint density at radius 2 is 2.00 bits per heavy atom. The van der Waals surface area contributed by atoms with Crippen LogP contribution in [0, 0.1) is 0 Å². The normalized spacial score (nSPS) is 11.2. The van der Waals surface area contributed by atoms with Gasteiger partial charge in [-0.1, -0.05) is 0 Å².